The maximum Gasteiger partial charge on any atom is 0.417 e. The number of aromatic amines is 2. The van der Waals surface area contributed by atoms with Crippen LogP contribution in [0.2, 0.25) is 5.02 Å². The van der Waals surface area contributed by atoms with E-state index in [9.17, 15) is 27.9 Å². The molecule has 3 N–H and O–H groups in total. The number of aliphatic imine (C=N–C) groups is 1. The van der Waals surface area contributed by atoms with Crippen molar-refractivity contribution in [2.24, 2.45) is 4.99 Å². The average Bonchev–Trinajstić information content (AvgIpc) is 2.37. The molecule has 22 heavy (non-hydrogen) atoms. The summed E-state index contributed by atoms with van der Waals surface area (Å²) >= 11 is 5.46. The highest BCUT2D eigenvalue weighted by Crippen LogP contribution is 2.36. The summed E-state index contributed by atoms with van der Waals surface area (Å²) < 4.78 is 38.1. The van der Waals surface area contributed by atoms with Crippen LogP contribution in [-0.4, -0.2) is 21.3 Å². The van der Waals surface area contributed by atoms with Gasteiger partial charge in [0.15, 0.2) is 0 Å². The van der Waals surface area contributed by atoms with Gasteiger partial charge in [-0.2, -0.15) is 13.2 Å². The maximum absolute atomic E-state index is 12.7. The van der Waals surface area contributed by atoms with Crippen molar-refractivity contribution in [1.82, 2.24) is 9.97 Å². The van der Waals surface area contributed by atoms with Gasteiger partial charge in [0.25, 0.3) is 5.56 Å². The van der Waals surface area contributed by atoms with Crippen molar-refractivity contribution in [1.29, 1.82) is 0 Å². The van der Waals surface area contributed by atoms with Crippen LogP contribution in [0.3, 0.4) is 0 Å². The minimum absolute atomic E-state index is 0.137. The topological polar surface area (TPSA) is 98.3 Å². The first kappa shape index (κ1) is 15.8. The van der Waals surface area contributed by atoms with E-state index in [2.05, 4.69) is 4.99 Å². The van der Waals surface area contributed by atoms with Gasteiger partial charge in [0.2, 0.25) is 5.88 Å². The highest BCUT2D eigenvalue weighted by atomic mass is 35.5. The van der Waals surface area contributed by atoms with Gasteiger partial charge in [0, 0.05) is 6.21 Å². The fraction of sp³-hybridized carbons (Fsp3) is 0.0833. The van der Waals surface area contributed by atoms with Crippen LogP contribution in [0.25, 0.3) is 0 Å². The third-order valence-corrected chi connectivity index (χ3v) is 2.89. The second-order valence-electron chi connectivity index (χ2n) is 4.09. The molecule has 0 fully saturated rings. The van der Waals surface area contributed by atoms with Gasteiger partial charge < -0.3 is 5.11 Å². The number of hydrogen-bond donors (Lipinski definition) is 3. The Hall–Kier alpha value is -2.55. The molecule has 0 unspecified atom stereocenters. The Morgan fingerprint density at radius 2 is 1.91 bits per heavy atom. The van der Waals surface area contributed by atoms with Crippen molar-refractivity contribution < 1.29 is 18.3 Å². The molecule has 0 bridgehead atoms. The SMILES string of the molecule is O=c1[nH]c(O)c(C=Nc2ccc(Cl)c(C(F)(F)F)c2)c(=O)[nH]1. The molecule has 0 aliphatic rings. The van der Waals surface area contributed by atoms with Crippen LogP contribution in [0.1, 0.15) is 11.1 Å². The summed E-state index contributed by atoms with van der Waals surface area (Å²) in [6, 6.07) is 2.90. The Bertz CT molecular complexity index is 855. The van der Waals surface area contributed by atoms with E-state index in [0.717, 1.165) is 12.3 Å². The lowest BCUT2D eigenvalue weighted by Crippen LogP contribution is -2.24. The van der Waals surface area contributed by atoms with Gasteiger partial charge in [-0.3, -0.25) is 19.8 Å². The minimum Gasteiger partial charge on any atom is -0.494 e. The summed E-state index contributed by atoms with van der Waals surface area (Å²) in [6.45, 7) is 0. The molecule has 0 amide bonds. The average molecular weight is 334 g/mol. The molecule has 0 saturated heterocycles. The van der Waals surface area contributed by atoms with E-state index < -0.39 is 39.5 Å². The molecule has 2 aromatic rings. The third-order valence-electron chi connectivity index (χ3n) is 2.56. The molecule has 0 aliphatic carbocycles. The molecular formula is C12H7ClF3N3O3. The van der Waals surface area contributed by atoms with Crippen molar-refractivity contribution in [2.45, 2.75) is 6.18 Å². The largest absolute Gasteiger partial charge is 0.494 e. The number of halogens is 4. The van der Waals surface area contributed by atoms with Crippen LogP contribution < -0.4 is 11.2 Å². The minimum atomic E-state index is -4.65. The van der Waals surface area contributed by atoms with Gasteiger partial charge in [0.05, 0.1) is 16.3 Å². The van der Waals surface area contributed by atoms with Crippen LogP contribution in [0.5, 0.6) is 5.88 Å². The lowest BCUT2D eigenvalue weighted by Gasteiger charge is -2.09. The molecule has 0 spiro atoms. The van der Waals surface area contributed by atoms with Crippen LogP contribution in [0, 0.1) is 0 Å². The number of nitrogens with zero attached hydrogens (tertiary/aromatic N) is 1. The fourth-order valence-corrected chi connectivity index (χ4v) is 1.78. The van der Waals surface area contributed by atoms with Gasteiger partial charge in [-0.1, -0.05) is 11.6 Å². The third kappa shape index (κ3) is 3.37. The molecule has 0 atom stereocenters. The zero-order chi connectivity index (χ0) is 16.5. The quantitative estimate of drug-likeness (QED) is 0.735. The Balaban J connectivity index is 2.44. The predicted molar refractivity (Wildman–Crippen MR) is 73.1 cm³/mol. The summed E-state index contributed by atoms with van der Waals surface area (Å²) in [6.07, 6.45) is -3.83. The fourth-order valence-electron chi connectivity index (χ4n) is 1.55. The van der Waals surface area contributed by atoms with Crippen LogP contribution in [-0.2, 0) is 6.18 Å². The Morgan fingerprint density at radius 1 is 1.23 bits per heavy atom. The van der Waals surface area contributed by atoms with Crippen molar-refractivity contribution >= 4 is 23.5 Å². The molecular weight excluding hydrogens is 327 g/mol. The van der Waals surface area contributed by atoms with Crippen LogP contribution in [0.4, 0.5) is 18.9 Å². The number of rotatable bonds is 2. The van der Waals surface area contributed by atoms with Gasteiger partial charge in [-0.25, -0.2) is 4.79 Å². The summed E-state index contributed by atoms with van der Waals surface area (Å²) in [5.74, 6) is -0.748. The number of hydrogen-bond acceptors (Lipinski definition) is 4. The summed E-state index contributed by atoms with van der Waals surface area (Å²) in [4.78, 5) is 29.7. The van der Waals surface area contributed by atoms with Gasteiger partial charge in [-0.05, 0) is 18.2 Å². The molecule has 1 aromatic carbocycles. The number of alkyl halides is 3. The first-order valence-electron chi connectivity index (χ1n) is 5.65. The van der Waals surface area contributed by atoms with Crippen molar-refractivity contribution in [3.8, 4) is 5.88 Å². The van der Waals surface area contributed by atoms with E-state index in [4.69, 9.17) is 11.6 Å². The van der Waals surface area contributed by atoms with Gasteiger partial charge >= 0.3 is 11.9 Å². The lowest BCUT2D eigenvalue weighted by atomic mass is 10.2. The normalized spacial score (nSPS) is 12.0. The Morgan fingerprint density at radius 3 is 2.50 bits per heavy atom. The lowest BCUT2D eigenvalue weighted by molar-refractivity contribution is -0.137. The molecule has 2 rings (SSSR count). The second-order valence-corrected chi connectivity index (χ2v) is 4.50. The zero-order valence-electron chi connectivity index (χ0n) is 10.5. The van der Waals surface area contributed by atoms with E-state index in [1.54, 1.807) is 0 Å². The zero-order valence-corrected chi connectivity index (χ0v) is 11.3. The Labute approximate surface area is 124 Å². The van der Waals surface area contributed by atoms with Crippen LogP contribution >= 0.6 is 11.6 Å². The van der Waals surface area contributed by atoms with Crippen molar-refractivity contribution in [2.75, 3.05) is 0 Å². The first-order chi connectivity index (χ1) is 10.2. The number of nitrogens with one attached hydrogen (secondary N) is 2. The molecule has 116 valence electrons. The highest BCUT2D eigenvalue weighted by molar-refractivity contribution is 6.31. The van der Waals surface area contributed by atoms with E-state index in [1.807, 2.05) is 9.97 Å². The second kappa shape index (κ2) is 5.68. The van der Waals surface area contributed by atoms with Crippen molar-refractivity contribution in [3.63, 3.8) is 0 Å². The number of aromatic nitrogens is 2. The number of H-pyrrole nitrogens is 2. The predicted octanol–water partition coefficient (Wildman–Crippen LogP) is 2.19. The van der Waals surface area contributed by atoms with E-state index >= 15 is 0 Å². The molecule has 10 heteroatoms. The molecule has 0 aliphatic heterocycles. The summed E-state index contributed by atoms with van der Waals surface area (Å²) in [5.41, 5.74) is -3.48. The molecule has 0 radical (unpaired) electrons. The number of benzene rings is 1. The highest BCUT2D eigenvalue weighted by Gasteiger charge is 2.33. The summed E-state index contributed by atoms with van der Waals surface area (Å²) in [5, 5.41) is 8.92. The van der Waals surface area contributed by atoms with Crippen molar-refractivity contribution in [3.05, 3.63) is 55.2 Å². The summed E-state index contributed by atoms with van der Waals surface area (Å²) in [7, 11) is 0. The van der Waals surface area contributed by atoms with E-state index in [1.165, 1.54) is 6.07 Å². The van der Waals surface area contributed by atoms with Gasteiger partial charge in [0.1, 0.15) is 5.56 Å². The molecule has 1 aromatic heterocycles. The maximum atomic E-state index is 12.7. The monoisotopic (exact) mass is 333 g/mol. The first-order valence-corrected chi connectivity index (χ1v) is 6.02. The Kier molecular flexibility index (Phi) is 4.09. The molecule has 6 nitrogen and oxygen atoms in total. The molecule has 0 saturated carbocycles. The van der Waals surface area contributed by atoms with E-state index in [0.29, 0.717) is 6.07 Å². The number of aromatic hydroxyl groups is 1. The smallest absolute Gasteiger partial charge is 0.417 e. The molecule has 1 heterocycles. The standard InChI is InChI=1S/C12H7ClF3N3O3/c13-8-2-1-5(3-7(8)12(14,15)16)17-4-6-9(20)18-11(22)19-10(6)21/h1-4H,(H3,18,19,20,21,22). The van der Waals surface area contributed by atoms with E-state index in [-0.39, 0.29) is 5.69 Å². The van der Waals surface area contributed by atoms with Crippen LogP contribution in [0.15, 0.2) is 32.8 Å². The van der Waals surface area contributed by atoms with Gasteiger partial charge in [-0.15, -0.1) is 0 Å².